The van der Waals surface area contributed by atoms with Gasteiger partial charge in [-0.05, 0) is 74.8 Å². The Labute approximate surface area is 267 Å². The molecule has 11 nitrogen and oxygen atoms in total. The van der Waals surface area contributed by atoms with Gasteiger partial charge in [0.2, 0.25) is 0 Å². The van der Waals surface area contributed by atoms with Crippen LogP contribution in [0.15, 0.2) is 48.9 Å². The van der Waals surface area contributed by atoms with Crippen molar-refractivity contribution in [2.75, 3.05) is 31.6 Å². The summed E-state index contributed by atoms with van der Waals surface area (Å²) in [4.78, 5) is 37.3. The Balaban J connectivity index is 1.14. The molecule has 2 saturated heterocycles. The molecule has 46 heavy (non-hydrogen) atoms. The van der Waals surface area contributed by atoms with E-state index in [1.807, 2.05) is 42.4 Å². The lowest BCUT2D eigenvalue weighted by molar-refractivity contribution is 0.0700. The van der Waals surface area contributed by atoms with Crippen LogP contribution in [0.3, 0.4) is 0 Å². The van der Waals surface area contributed by atoms with Crippen LogP contribution in [0, 0.1) is 24.7 Å². The van der Waals surface area contributed by atoms with E-state index in [1.165, 1.54) is 12.8 Å². The summed E-state index contributed by atoms with van der Waals surface area (Å²) in [7, 11) is 1.68. The van der Waals surface area contributed by atoms with Crippen molar-refractivity contribution in [2.45, 2.75) is 57.8 Å². The number of benzene rings is 1. The highest BCUT2D eigenvalue weighted by Gasteiger charge is 2.47. The van der Waals surface area contributed by atoms with Crippen molar-refractivity contribution < 1.29 is 9.53 Å². The summed E-state index contributed by atoms with van der Waals surface area (Å²) in [5.74, 6) is 3.90. The van der Waals surface area contributed by atoms with Crippen molar-refractivity contribution in [3.63, 3.8) is 0 Å². The number of amides is 1. The summed E-state index contributed by atoms with van der Waals surface area (Å²) in [6, 6.07) is 10.4. The van der Waals surface area contributed by atoms with Crippen LogP contribution < -0.4 is 15.4 Å². The highest BCUT2D eigenvalue weighted by atomic mass is 16.5. The average Bonchev–Trinajstić information content (AvgIpc) is 3.40. The van der Waals surface area contributed by atoms with Crippen LogP contribution in [-0.2, 0) is 13.1 Å². The van der Waals surface area contributed by atoms with Gasteiger partial charge in [0.25, 0.3) is 5.91 Å². The molecule has 1 aromatic carbocycles. The van der Waals surface area contributed by atoms with Gasteiger partial charge in [-0.25, -0.2) is 15.0 Å². The molecule has 3 atom stereocenters. The first-order chi connectivity index (χ1) is 22.4. The molecule has 4 aromatic heterocycles. The van der Waals surface area contributed by atoms with Crippen molar-refractivity contribution in [2.24, 2.45) is 23.5 Å². The van der Waals surface area contributed by atoms with E-state index < -0.39 is 0 Å². The van der Waals surface area contributed by atoms with E-state index in [9.17, 15) is 4.79 Å². The normalized spacial score (nSPS) is 22.7. The van der Waals surface area contributed by atoms with Gasteiger partial charge in [-0.2, -0.15) is 0 Å². The minimum absolute atomic E-state index is 0.0138. The van der Waals surface area contributed by atoms with Crippen LogP contribution in [0.2, 0.25) is 0 Å². The van der Waals surface area contributed by atoms with Gasteiger partial charge in [0.1, 0.15) is 22.7 Å². The Morgan fingerprint density at radius 1 is 1.00 bits per heavy atom. The third kappa shape index (κ3) is 4.46. The van der Waals surface area contributed by atoms with E-state index in [0.29, 0.717) is 29.1 Å². The summed E-state index contributed by atoms with van der Waals surface area (Å²) < 4.78 is 10.7. The van der Waals surface area contributed by atoms with E-state index in [1.54, 1.807) is 13.3 Å². The number of methoxy groups -OCH3 is 1. The fourth-order valence-corrected chi connectivity index (χ4v) is 8.08. The number of piperidine rings is 1. The quantitative estimate of drug-likeness (QED) is 0.274. The average molecular weight is 618 g/mol. The Hall–Kier alpha value is -4.51. The largest absolute Gasteiger partial charge is 0.494 e. The number of hydrogen-bond acceptors (Lipinski definition) is 8. The predicted octanol–water partition coefficient (Wildman–Crippen LogP) is 4.27. The van der Waals surface area contributed by atoms with E-state index in [2.05, 4.69) is 36.1 Å². The molecule has 2 N–H and O–H groups in total. The molecular weight excluding hydrogens is 578 g/mol. The second-order valence-electron chi connectivity index (χ2n) is 13.8. The number of ether oxygens (including phenoxy) is 1. The SMILES string of the molecule is COc1cc(C(=O)N2C[C@H]3CC[C@@H]2[C@@H]3N)cc2nc(-c3cc4cccnc4n3CC3CC3)n(CC3CN(c4cncc(C)n4)C3)c12. The second-order valence-corrected chi connectivity index (χ2v) is 13.8. The molecule has 2 bridgehead atoms. The van der Waals surface area contributed by atoms with Crippen LogP contribution in [0.25, 0.3) is 33.6 Å². The monoisotopic (exact) mass is 617 g/mol. The molecule has 5 aromatic rings. The summed E-state index contributed by atoms with van der Waals surface area (Å²) in [6.07, 6.45) is 10.0. The number of aryl methyl sites for hydroxylation is 1. The summed E-state index contributed by atoms with van der Waals surface area (Å²) in [5.41, 5.74) is 11.7. The van der Waals surface area contributed by atoms with Gasteiger partial charge in [-0.15, -0.1) is 0 Å². The molecule has 0 unspecified atom stereocenters. The zero-order valence-electron chi connectivity index (χ0n) is 26.3. The fraction of sp³-hybridized carbons (Fsp3) is 0.457. The molecule has 11 heteroatoms. The van der Waals surface area contributed by atoms with E-state index in [-0.39, 0.29) is 18.0 Å². The molecule has 2 aliphatic heterocycles. The van der Waals surface area contributed by atoms with Gasteiger partial charge >= 0.3 is 0 Å². The Morgan fingerprint density at radius 2 is 1.85 bits per heavy atom. The van der Waals surface area contributed by atoms with Crippen molar-refractivity contribution in [3.8, 4) is 17.3 Å². The minimum atomic E-state index is 0.0138. The molecule has 1 amide bonds. The lowest BCUT2D eigenvalue weighted by atomic mass is 10.00. The maximum atomic E-state index is 13.9. The first-order valence-corrected chi connectivity index (χ1v) is 16.6. The second kappa shape index (κ2) is 10.5. The maximum absolute atomic E-state index is 13.9. The molecule has 0 spiro atoms. The van der Waals surface area contributed by atoms with Gasteiger partial charge in [-0.3, -0.25) is 9.78 Å². The molecule has 236 valence electrons. The third-order valence-corrected chi connectivity index (χ3v) is 10.7. The zero-order valence-corrected chi connectivity index (χ0v) is 26.3. The van der Waals surface area contributed by atoms with Crippen molar-refractivity contribution in [3.05, 3.63) is 60.2 Å². The lowest BCUT2D eigenvalue weighted by Crippen LogP contribution is -2.49. The van der Waals surface area contributed by atoms with Gasteiger partial charge in [-0.1, -0.05) is 0 Å². The molecule has 4 fully saturated rings. The Morgan fingerprint density at radius 3 is 2.59 bits per heavy atom. The molecule has 6 heterocycles. The standard InChI is InChI=1S/C35H39N9O2/c1-20-13-37-14-30(39-20)41-15-22(16-41)18-44-32-26(10-25(12-29(32)46-2)35(45)43-19-24-7-8-27(43)31(24)36)40-34(44)28-11-23-4-3-9-38-33(23)42(28)17-21-5-6-21/h3-4,9-14,21-22,24,27,31H,5-8,15-19,36H2,1-2H3/t24-,27-,31-/m1/s1. The van der Waals surface area contributed by atoms with E-state index in [0.717, 1.165) is 90.7 Å². The number of hydrogen-bond donors (Lipinski definition) is 1. The van der Waals surface area contributed by atoms with Crippen LogP contribution in [0.1, 0.15) is 41.7 Å². The van der Waals surface area contributed by atoms with Crippen LogP contribution in [0.5, 0.6) is 5.75 Å². The number of pyridine rings is 1. The van der Waals surface area contributed by atoms with Gasteiger partial charge in [0.15, 0.2) is 5.82 Å². The number of aromatic nitrogens is 6. The van der Waals surface area contributed by atoms with E-state index >= 15 is 0 Å². The number of nitrogens with zero attached hydrogens (tertiary/aromatic N) is 8. The number of rotatable bonds is 8. The molecule has 4 aliphatic rings. The molecule has 2 saturated carbocycles. The third-order valence-electron chi connectivity index (χ3n) is 10.7. The predicted molar refractivity (Wildman–Crippen MR) is 176 cm³/mol. The number of likely N-dealkylation sites (tertiary alicyclic amines) is 1. The zero-order chi connectivity index (χ0) is 31.1. The summed E-state index contributed by atoms with van der Waals surface area (Å²) >= 11 is 0. The topological polar surface area (TPSA) is 120 Å². The highest BCUT2D eigenvalue weighted by Crippen LogP contribution is 2.41. The number of fused-ring (bicyclic) bond motifs is 4. The smallest absolute Gasteiger partial charge is 0.254 e. The number of carbonyl (C=O) groups is 1. The number of anilines is 1. The Bertz CT molecular complexity index is 1990. The van der Waals surface area contributed by atoms with Gasteiger partial charge in [0.05, 0.1) is 30.2 Å². The number of imidazole rings is 1. The molecule has 9 rings (SSSR count). The highest BCUT2D eigenvalue weighted by molar-refractivity contribution is 6.00. The first-order valence-electron chi connectivity index (χ1n) is 16.6. The van der Waals surface area contributed by atoms with Crippen LogP contribution in [-0.4, -0.2) is 78.7 Å². The first kappa shape index (κ1) is 27.8. The van der Waals surface area contributed by atoms with Crippen LogP contribution in [0.4, 0.5) is 5.82 Å². The number of carbonyl (C=O) groups excluding carboxylic acids is 1. The van der Waals surface area contributed by atoms with E-state index in [4.69, 9.17) is 20.4 Å². The van der Waals surface area contributed by atoms with Crippen molar-refractivity contribution in [1.29, 1.82) is 0 Å². The summed E-state index contributed by atoms with van der Waals surface area (Å²) in [6.45, 7) is 6.12. The fourth-order valence-electron chi connectivity index (χ4n) is 8.08. The molecular formula is C35H39N9O2. The van der Waals surface area contributed by atoms with Gasteiger partial charge in [0, 0.05) is 74.1 Å². The van der Waals surface area contributed by atoms with Gasteiger partial charge < -0.3 is 29.4 Å². The lowest BCUT2D eigenvalue weighted by Gasteiger charge is -2.40. The van der Waals surface area contributed by atoms with Crippen molar-refractivity contribution in [1.82, 2.24) is 34.0 Å². The summed E-state index contributed by atoms with van der Waals surface area (Å²) in [5, 5.41) is 1.10. The molecule has 2 aliphatic carbocycles. The minimum Gasteiger partial charge on any atom is -0.494 e. The molecule has 0 radical (unpaired) electrons. The Kier molecular flexibility index (Phi) is 6.35. The number of nitrogens with two attached hydrogens (primary N) is 1. The van der Waals surface area contributed by atoms with Crippen molar-refractivity contribution >= 4 is 33.8 Å². The van der Waals surface area contributed by atoms with Crippen LogP contribution >= 0.6 is 0 Å². The maximum Gasteiger partial charge on any atom is 0.254 e.